The molecule has 0 N–H and O–H groups in total. The Morgan fingerprint density at radius 2 is 1.96 bits per heavy atom. The third-order valence-electron chi connectivity index (χ3n) is 4.07. The number of aryl methyl sites for hydroxylation is 3. The first-order chi connectivity index (χ1) is 11.2. The number of rotatable bonds is 6. The molecule has 2 rings (SSSR count). The first-order valence-electron chi connectivity index (χ1n) is 7.69. The molecule has 2 heterocycles. The molecule has 0 saturated heterocycles. The molecule has 0 fully saturated rings. The molecule has 130 valence electrons. The molecule has 0 aliphatic carbocycles. The van der Waals surface area contributed by atoms with Gasteiger partial charge in [-0.1, -0.05) is 0 Å². The van der Waals surface area contributed by atoms with E-state index in [2.05, 4.69) is 10.2 Å². The molecule has 9 heteroatoms. The SMILES string of the molecule is CCn1nc(C)c(CN(C)C(=O)Cn2cc([N+](=O)[O-])c(C)n2)c1C. The van der Waals surface area contributed by atoms with Crippen LogP contribution in [0.15, 0.2) is 6.20 Å². The molecule has 0 spiro atoms. The van der Waals surface area contributed by atoms with E-state index in [1.54, 1.807) is 18.9 Å². The van der Waals surface area contributed by atoms with Gasteiger partial charge < -0.3 is 4.90 Å². The Morgan fingerprint density at radius 1 is 1.29 bits per heavy atom. The predicted octanol–water partition coefficient (Wildman–Crippen LogP) is 1.59. The van der Waals surface area contributed by atoms with E-state index in [-0.39, 0.29) is 18.1 Å². The van der Waals surface area contributed by atoms with Crippen LogP contribution in [0.4, 0.5) is 5.69 Å². The van der Waals surface area contributed by atoms with E-state index < -0.39 is 4.92 Å². The van der Waals surface area contributed by atoms with E-state index in [1.165, 1.54) is 10.9 Å². The summed E-state index contributed by atoms with van der Waals surface area (Å²) < 4.78 is 3.21. The van der Waals surface area contributed by atoms with Crippen molar-refractivity contribution < 1.29 is 9.72 Å². The lowest BCUT2D eigenvalue weighted by Crippen LogP contribution is -2.30. The van der Waals surface area contributed by atoms with Crippen molar-refractivity contribution in [1.82, 2.24) is 24.5 Å². The van der Waals surface area contributed by atoms with Crippen LogP contribution in [0.5, 0.6) is 0 Å². The van der Waals surface area contributed by atoms with Crippen LogP contribution in [0.2, 0.25) is 0 Å². The van der Waals surface area contributed by atoms with Gasteiger partial charge in [-0.15, -0.1) is 0 Å². The van der Waals surface area contributed by atoms with Crippen LogP contribution in [0.1, 0.15) is 29.6 Å². The quantitative estimate of drug-likeness (QED) is 0.590. The lowest BCUT2D eigenvalue weighted by atomic mass is 10.2. The number of nitro groups is 1. The molecule has 0 radical (unpaired) electrons. The highest BCUT2D eigenvalue weighted by atomic mass is 16.6. The van der Waals surface area contributed by atoms with Gasteiger partial charge in [-0.3, -0.25) is 24.3 Å². The number of aromatic nitrogens is 4. The summed E-state index contributed by atoms with van der Waals surface area (Å²) in [6.45, 7) is 8.66. The van der Waals surface area contributed by atoms with E-state index in [0.717, 1.165) is 23.5 Å². The van der Waals surface area contributed by atoms with E-state index in [4.69, 9.17) is 0 Å². The van der Waals surface area contributed by atoms with E-state index in [9.17, 15) is 14.9 Å². The van der Waals surface area contributed by atoms with Gasteiger partial charge in [0.15, 0.2) is 0 Å². The Hall–Kier alpha value is -2.71. The second-order valence-corrected chi connectivity index (χ2v) is 5.77. The third-order valence-corrected chi connectivity index (χ3v) is 4.07. The summed E-state index contributed by atoms with van der Waals surface area (Å²) in [6, 6.07) is 0. The molecule has 0 aliphatic heterocycles. The van der Waals surface area contributed by atoms with Gasteiger partial charge in [0.05, 0.1) is 10.6 Å². The Balaban J connectivity index is 2.09. The van der Waals surface area contributed by atoms with Crippen LogP contribution >= 0.6 is 0 Å². The van der Waals surface area contributed by atoms with Crippen molar-refractivity contribution in [3.05, 3.63) is 39.0 Å². The maximum atomic E-state index is 12.4. The lowest BCUT2D eigenvalue weighted by molar-refractivity contribution is -0.385. The summed E-state index contributed by atoms with van der Waals surface area (Å²) in [5.41, 5.74) is 3.18. The first-order valence-corrected chi connectivity index (χ1v) is 7.69. The monoisotopic (exact) mass is 334 g/mol. The fraction of sp³-hybridized carbons (Fsp3) is 0.533. The van der Waals surface area contributed by atoms with Gasteiger partial charge in [-0.05, 0) is 27.7 Å². The summed E-state index contributed by atoms with van der Waals surface area (Å²) in [6.07, 6.45) is 1.28. The van der Waals surface area contributed by atoms with Crippen molar-refractivity contribution >= 4 is 11.6 Å². The van der Waals surface area contributed by atoms with Gasteiger partial charge in [0.25, 0.3) is 0 Å². The zero-order chi connectivity index (χ0) is 18.0. The molecule has 9 nitrogen and oxygen atoms in total. The molecule has 0 unspecified atom stereocenters. The molecule has 0 saturated carbocycles. The van der Waals surface area contributed by atoms with E-state index in [0.29, 0.717) is 12.2 Å². The Kier molecular flexibility index (Phi) is 5.01. The number of hydrogen-bond donors (Lipinski definition) is 0. The average Bonchev–Trinajstić information content (AvgIpc) is 3.01. The van der Waals surface area contributed by atoms with Gasteiger partial charge in [0, 0.05) is 31.4 Å². The topological polar surface area (TPSA) is 99.1 Å². The zero-order valence-electron chi connectivity index (χ0n) is 14.6. The summed E-state index contributed by atoms with van der Waals surface area (Å²) in [4.78, 5) is 24.3. The highest BCUT2D eigenvalue weighted by molar-refractivity contribution is 5.75. The highest BCUT2D eigenvalue weighted by Crippen LogP contribution is 2.17. The van der Waals surface area contributed by atoms with E-state index >= 15 is 0 Å². The second-order valence-electron chi connectivity index (χ2n) is 5.77. The number of hydrogen-bond acceptors (Lipinski definition) is 5. The van der Waals surface area contributed by atoms with Crippen LogP contribution in [-0.4, -0.2) is 42.3 Å². The molecule has 1 amide bonds. The normalized spacial score (nSPS) is 10.9. The summed E-state index contributed by atoms with van der Waals surface area (Å²) in [5.74, 6) is -0.171. The fourth-order valence-electron chi connectivity index (χ4n) is 2.62. The molecule has 0 bridgehead atoms. The van der Waals surface area contributed by atoms with Crippen molar-refractivity contribution in [2.24, 2.45) is 0 Å². The minimum atomic E-state index is -0.501. The Labute approximate surface area is 140 Å². The number of carbonyl (C=O) groups excluding carboxylic acids is 1. The van der Waals surface area contributed by atoms with Crippen molar-refractivity contribution in [1.29, 1.82) is 0 Å². The van der Waals surface area contributed by atoms with Crippen LogP contribution < -0.4 is 0 Å². The van der Waals surface area contributed by atoms with Gasteiger partial charge in [0.2, 0.25) is 5.91 Å². The van der Waals surface area contributed by atoms with Crippen molar-refractivity contribution in [3.63, 3.8) is 0 Å². The zero-order valence-corrected chi connectivity index (χ0v) is 14.6. The molecule has 2 aromatic heterocycles. The van der Waals surface area contributed by atoms with Gasteiger partial charge in [0.1, 0.15) is 18.4 Å². The van der Waals surface area contributed by atoms with Gasteiger partial charge >= 0.3 is 5.69 Å². The largest absolute Gasteiger partial charge is 0.340 e. The Morgan fingerprint density at radius 3 is 2.46 bits per heavy atom. The van der Waals surface area contributed by atoms with Crippen molar-refractivity contribution in [2.45, 2.75) is 47.3 Å². The predicted molar refractivity (Wildman–Crippen MR) is 87.5 cm³/mol. The summed E-state index contributed by atoms with van der Waals surface area (Å²) in [5, 5.41) is 19.3. The van der Waals surface area contributed by atoms with Gasteiger partial charge in [-0.2, -0.15) is 10.2 Å². The first kappa shape index (κ1) is 17.6. The second kappa shape index (κ2) is 6.81. The van der Waals surface area contributed by atoms with Crippen LogP contribution in [0.3, 0.4) is 0 Å². The molecular formula is C15H22N6O3. The molecule has 0 atom stereocenters. The van der Waals surface area contributed by atoms with Crippen LogP contribution in [0.25, 0.3) is 0 Å². The van der Waals surface area contributed by atoms with Crippen molar-refractivity contribution in [2.75, 3.05) is 7.05 Å². The molecule has 0 aromatic carbocycles. The summed E-state index contributed by atoms with van der Waals surface area (Å²) >= 11 is 0. The number of amides is 1. The number of carbonyl (C=O) groups is 1. The fourth-order valence-corrected chi connectivity index (χ4v) is 2.62. The van der Waals surface area contributed by atoms with Crippen molar-refractivity contribution in [3.8, 4) is 0 Å². The maximum Gasteiger partial charge on any atom is 0.309 e. The molecular weight excluding hydrogens is 312 g/mol. The van der Waals surface area contributed by atoms with E-state index in [1.807, 2.05) is 25.5 Å². The van der Waals surface area contributed by atoms with Crippen LogP contribution in [0, 0.1) is 30.9 Å². The minimum absolute atomic E-state index is 0.0365. The minimum Gasteiger partial charge on any atom is -0.340 e. The number of nitrogens with zero attached hydrogens (tertiary/aromatic N) is 6. The van der Waals surface area contributed by atoms with Crippen LogP contribution in [-0.2, 0) is 24.4 Å². The molecule has 2 aromatic rings. The molecule has 24 heavy (non-hydrogen) atoms. The average molecular weight is 334 g/mol. The lowest BCUT2D eigenvalue weighted by Gasteiger charge is -2.17. The smallest absolute Gasteiger partial charge is 0.309 e. The maximum absolute atomic E-state index is 12.4. The number of likely N-dealkylation sites (N-methyl/N-ethyl adjacent to an activating group) is 1. The highest BCUT2D eigenvalue weighted by Gasteiger charge is 2.19. The Bertz CT molecular complexity index is 777. The standard InChI is InChI=1S/C15H22N6O3/c1-6-20-12(4)13(10(2)17-20)7-18(5)15(22)9-19-8-14(21(23)24)11(3)16-19/h8H,6-7,9H2,1-5H3. The summed E-state index contributed by atoms with van der Waals surface area (Å²) in [7, 11) is 1.70. The molecule has 0 aliphatic rings. The van der Waals surface area contributed by atoms with Gasteiger partial charge in [-0.25, -0.2) is 0 Å². The third kappa shape index (κ3) is 3.44.